The molecule has 0 aliphatic heterocycles. The number of phenols is 1. The van der Waals surface area contributed by atoms with Gasteiger partial charge in [-0.2, -0.15) is 5.10 Å². The van der Waals surface area contributed by atoms with E-state index >= 15 is 0 Å². The molecule has 0 spiro atoms. The summed E-state index contributed by atoms with van der Waals surface area (Å²) in [6.45, 7) is -0.547. The maximum absolute atomic E-state index is 11.8. The van der Waals surface area contributed by atoms with Gasteiger partial charge in [0.25, 0.3) is 17.3 Å². The average Bonchev–Trinajstić information content (AvgIpc) is 2.67. The van der Waals surface area contributed by atoms with E-state index in [2.05, 4.69) is 21.0 Å². The molecule has 15 heteroatoms. The smallest absolute Gasteiger partial charge is 0.318 e. The highest BCUT2D eigenvalue weighted by molar-refractivity contribution is 9.10. The van der Waals surface area contributed by atoms with Gasteiger partial charge < -0.3 is 9.84 Å². The molecule has 0 aliphatic carbocycles. The first kappa shape index (κ1) is 22.2. The highest BCUT2D eigenvalue weighted by atomic mass is 79.9. The maximum atomic E-state index is 11.8. The number of ether oxygens (including phenoxy) is 1. The first-order chi connectivity index (χ1) is 14.1. The zero-order chi connectivity index (χ0) is 22.4. The van der Waals surface area contributed by atoms with Crippen LogP contribution in [0.2, 0.25) is 0 Å². The molecule has 30 heavy (non-hydrogen) atoms. The van der Waals surface area contributed by atoms with Crippen LogP contribution in [0.15, 0.2) is 39.9 Å². The van der Waals surface area contributed by atoms with Crippen LogP contribution in [0.25, 0.3) is 0 Å². The van der Waals surface area contributed by atoms with Gasteiger partial charge in [-0.1, -0.05) is 0 Å². The number of nitro benzene ring substituents is 3. The molecule has 0 aromatic heterocycles. The number of amides is 1. The maximum Gasteiger partial charge on any atom is 0.318 e. The first-order valence-corrected chi connectivity index (χ1v) is 8.44. The number of nitro groups is 3. The number of benzene rings is 2. The van der Waals surface area contributed by atoms with Crippen molar-refractivity contribution in [2.24, 2.45) is 5.10 Å². The third-order valence-electron chi connectivity index (χ3n) is 3.39. The fourth-order valence-corrected chi connectivity index (χ4v) is 2.52. The van der Waals surface area contributed by atoms with E-state index in [4.69, 9.17) is 4.74 Å². The predicted octanol–water partition coefficient (Wildman–Crippen LogP) is 2.41. The molecule has 0 saturated carbocycles. The quantitative estimate of drug-likeness (QED) is 0.321. The minimum Gasteiger partial charge on any atom is -0.502 e. The van der Waals surface area contributed by atoms with Crippen LogP contribution in [0.1, 0.15) is 5.56 Å². The van der Waals surface area contributed by atoms with Crippen molar-refractivity contribution in [3.63, 3.8) is 0 Å². The van der Waals surface area contributed by atoms with Crippen LogP contribution >= 0.6 is 15.9 Å². The lowest BCUT2D eigenvalue weighted by Gasteiger charge is -2.07. The lowest BCUT2D eigenvalue weighted by molar-refractivity contribution is -0.394. The van der Waals surface area contributed by atoms with Crippen LogP contribution in [0.3, 0.4) is 0 Å². The molecule has 2 aromatic carbocycles. The van der Waals surface area contributed by atoms with Crippen LogP contribution in [-0.4, -0.2) is 38.6 Å². The van der Waals surface area contributed by atoms with Crippen molar-refractivity contribution in [2.75, 3.05) is 6.61 Å². The average molecular weight is 484 g/mol. The Hall–Kier alpha value is -4.14. The second-order valence-electron chi connectivity index (χ2n) is 5.37. The molecular formula is C15H10BrN5O9. The van der Waals surface area contributed by atoms with Gasteiger partial charge in [0.15, 0.2) is 6.61 Å². The summed E-state index contributed by atoms with van der Waals surface area (Å²) in [5, 5.41) is 45.7. The second-order valence-corrected chi connectivity index (χ2v) is 6.22. The Morgan fingerprint density at radius 1 is 1.10 bits per heavy atom. The molecular weight excluding hydrogens is 474 g/mol. The number of halogens is 1. The summed E-state index contributed by atoms with van der Waals surface area (Å²) in [5.41, 5.74) is -0.0990. The Morgan fingerprint density at radius 2 is 1.77 bits per heavy atom. The molecule has 156 valence electrons. The van der Waals surface area contributed by atoms with E-state index in [9.17, 15) is 40.2 Å². The molecule has 0 heterocycles. The molecule has 2 rings (SSSR count). The van der Waals surface area contributed by atoms with Gasteiger partial charge in [-0.3, -0.25) is 35.1 Å². The minimum atomic E-state index is -1.01. The van der Waals surface area contributed by atoms with Crippen molar-refractivity contribution in [3.05, 3.63) is 70.7 Å². The third kappa shape index (κ3) is 5.44. The van der Waals surface area contributed by atoms with Crippen LogP contribution in [0.5, 0.6) is 11.5 Å². The van der Waals surface area contributed by atoms with Crippen LogP contribution in [0.4, 0.5) is 17.1 Å². The molecule has 0 bridgehead atoms. The zero-order valence-electron chi connectivity index (χ0n) is 14.6. The van der Waals surface area contributed by atoms with Crippen molar-refractivity contribution in [1.82, 2.24) is 5.43 Å². The number of phenolic OH excluding ortho intramolecular Hbond substituents is 1. The number of rotatable bonds is 8. The number of hydrogen-bond donors (Lipinski definition) is 2. The number of non-ortho nitro benzene ring substituents is 2. The molecule has 0 unspecified atom stereocenters. The number of nitrogens with zero attached hydrogens (tertiary/aromatic N) is 4. The van der Waals surface area contributed by atoms with Gasteiger partial charge in [0, 0.05) is 18.2 Å². The molecule has 2 aromatic rings. The molecule has 0 atom stereocenters. The minimum absolute atomic E-state index is 0.145. The summed E-state index contributed by atoms with van der Waals surface area (Å²) in [4.78, 5) is 41.7. The van der Waals surface area contributed by atoms with Crippen LogP contribution in [0, 0.1) is 30.3 Å². The van der Waals surface area contributed by atoms with Gasteiger partial charge in [-0.05, 0) is 22.0 Å². The normalized spacial score (nSPS) is 10.6. The van der Waals surface area contributed by atoms with Gasteiger partial charge in [0.2, 0.25) is 5.75 Å². The zero-order valence-corrected chi connectivity index (χ0v) is 16.1. The fourth-order valence-electron chi connectivity index (χ4n) is 2.04. The van der Waals surface area contributed by atoms with Crippen molar-refractivity contribution in [2.45, 2.75) is 0 Å². The van der Waals surface area contributed by atoms with Gasteiger partial charge >= 0.3 is 5.69 Å². The molecule has 14 nitrogen and oxygen atoms in total. The van der Waals surface area contributed by atoms with E-state index < -0.39 is 44.4 Å². The highest BCUT2D eigenvalue weighted by Crippen LogP contribution is 2.33. The Bertz CT molecular complexity index is 1070. The number of hydrogen-bond acceptors (Lipinski definition) is 10. The van der Waals surface area contributed by atoms with Gasteiger partial charge in [0.05, 0.1) is 37.1 Å². The second kappa shape index (κ2) is 9.37. The summed E-state index contributed by atoms with van der Waals surface area (Å²) in [7, 11) is 0. The van der Waals surface area contributed by atoms with Crippen LogP contribution < -0.4 is 10.2 Å². The van der Waals surface area contributed by atoms with E-state index in [1.807, 2.05) is 5.43 Å². The fraction of sp³-hybridized carbons (Fsp3) is 0.0667. The molecule has 1 amide bonds. The Kier molecular flexibility index (Phi) is 6.92. The van der Waals surface area contributed by atoms with Gasteiger partial charge in [0.1, 0.15) is 5.75 Å². The lowest BCUT2D eigenvalue weighted by Crippen LogP contribution is -2.24. The van der Waals surface area contributed by atoms with Crippen molar-refractivity contribution in [3.8, 4) is 11.5 Å². The highest BCUT2D eigenvalue weighted by Gasteiger charge is 2.23. The molecule has 0 fully saturated rings. The standard InChI is InChI=1S/C15H10BrN5O9/c16-11-4-9(19(24)25)1-2-13(11)30-7-14(22)18-17-6-8-3-10(20(26)27)5-12(15(8)23)21(28)29/h1-6,23H,7H2,(H,18,22)/b17-6+. The number of carbonyl (C=O) groups excluding carboxylic acids is 1. The van der Waals surface area contributed by atoms with Crippen molar-refractivity contribution < 1.29 is 29.4 Å². The van der Waals surface area contributed by atoms with Crippen molar-refractivity contribution >= 4 is 45.1 Å². The number of hydrazone groups is 1. The molecule has 0 aliphatic rings. The number of carbonyl (C=O) groups is 1. The summed E-state index contributed by atoms with van der Waals surface area (Å²) >= 11 is 3.06. The lowest BCUT2D eigenvalue weighted by atomic mass is 10.1. The summed E-state index contributed by atoms with van der Waals surface area (Å²) in [6.07, 6.45) is 0.787. The molecule has 0 saturated heterocycles. The number of aromatic hydroxyl groups is 1. The van der Waals surface area contributed by atoms with Gasteiger partial charge in [-0.25, -0.2) is 5.43 Å². The van der Waals surface area contributed by atoms with E-state index in [1.54, 1.807) is 0 Å². The molecule has 2 N–H and O–H groups in total. The Labute approximate surface area is 174 Å². The van der Waals surface area contributed by atoms with Crippen LogP contribution in [-0.2, 0) is 4.79 Å². The monoisotopic (exact) mass is 483 g/mol. The Balaban J connectivity index is 2.05. The largest absolute Gasteiger partial charge is 0.502 e. The SMILES string of the molecule is O=C(COc1ccc([N+](=O)[O-])cc1Br)N/N=C/c1cc([N+](=O)[O-])cc([N+](=O)[O-])c1O. The summed E-state index contributed by atoms with van der Waals surface area (Å²) in [6, 6.07) is 5.06. The van der Waals surface area contributed by atoms with E-state index in [0.717, 1.165) is 12.3 Å². The topological polar surface area (TPSA) is 200 Å². The van der Waals surface area contributed by atoms with E-state index in [-0.39, 0.29) is 21.5 Å². The third-order valence-corrected chi connectivity index (χ3v) is 4.01. The molecule has 0 radical (unpaired) electrons. The summed E-state index contributed by atoms with van der Waals surface area (Å²) in [5.74, 6) is -1.50. The van der Waals surface area contributed by atoms with E-state index in [1.165, 1.54) is 18.2 Å². The predicted molar refractivity (Wildman–Crippen MR) is 103 cm³/mol. The summed E-state index contributed by atoms with van der Waals surface area (Å²) < 4.78 is 5.42. The van der Waals surface area contributed by atoms with Gasteiger partial charge in [-0.15, -0.1) is 0 Å². The number of nitrogens with one attached hydrogen (secondary N) is 1. The van der Waals surface area contributed by atoms with E-state index in [0.29, 0.717) is 6.07 Å². The first-order valence-electron chi connectivity index (χ1n) is 7.64. The van der Waals surface area contributed by atoms with Crippen molar-refractivity contribution in [1.29, 1.82) is 0 Å². The Morgan fingerprint density at radius 3 is 2.33 bits per heavy atom.